The first kappa shape index (κ1) is 17.0. The molecule has 5 heteroatoms. The summed E-state index contributed by atoms with van der Waals surface area (Å²) in [5.41, 5.74) is 1.09. The number of hydrogen-bond donors (Lipinski definition) is 3. The monoisotopic (exact) mass is 290 g/mol. The van der Waals surface area contributed by atoms with Crippen molar-refractivity contribution in [3.05, 3.63) is 35.9 Å². The molecule has 1 aromatic carbocycles. The van der Waals surface area contributed by atoms with E-state index in [1.165, 1.54) is 0 Å². The summed E-state index contributed by atoms with van der Waals surface area (Å²) in [6.07, 6.45) is 1.07. The third-order valence-electron chi connectivity index (χ3n) is 2.99. The molecule has 0 saturated carbocycles. The summed E-state index contributed by atoms with van der Waals surface area (Å²) in [6, 6.07) is 9.85. The van der Waals surface area contributed by atoms with Crippen molar-refractivity contribution in [2.24, 2.45) is 10.9 Å². The third kappa shape index (κ3) is 7.97. The highest BCUT2D eigenvalue weighted by atomic mass is 16.1. The summed E-state index contributed by atoms with van der Waals surface area (Å²) in [5.74, 6) is 1.25. The molecule has 21 heavy (non-hydrogen) atoms. The first-order valence-electron chi connectivity index (χ1n) is 7.37. The van der Waals surface area contributed by atoms with Crippen LogP contribution in [-0.4, -0.2) is 32.0 Å². The van der Waals surface area contributed by atoms with E-state index in [0.717, 1.165) is 18.5 Å². The lowest BCUT2D eigenvalue weighted by Gasteiger charge is -2.12. The molecule has 0 aliphatic rings. The van der Waals surface area contributed by atoms with E-state index in [1.54, 1.807) is 7.05 Å². The van der Waals surface area contributed by atoms with Crippen molar-refractivity contribution in [3.8, 4) is 0 Å². The minimum Gasteiger partial charge on any atom is -0.356 e. The molecule has 0 heterocycles. The largest absolute Gasteiger partial charge is 0.356 e. The van der Waals surface area contributed by atoms with Crippen molar-refractivity contribution < 1.29 is 4.79 Å². The second-order valence-corrected chi connectivity index (χ2v) is 5.30. The Balaban J connectivity index is 2.21. The van der Waals surface area contributed by atoms with Crippen molar-refractivity contribution in [3.63, 3.8) is 0 Å². The van der Waals surface area contributed by atoms with Crippen LogP contribution >= 0.6 is 0 Å². The van der Waals surface area contributed by atoms with Crippen molar-refractivity contribution >= 4 is 11.9 Å². The molecule has 1 aromatic rings. The highest BCUT2D eigenvalue weighted by Crippen LogP contribution is 1.97. The Kier molecular flexibility index (Phi) is 7.94. The van der Waals surface area contributed by atoms with E-state index in [-0.39, 0.29) is 12.5 Å². The Morgan fingerprint density at radius 1 is 1.14 bits per heavy atom. The lowest BCUT2D eigenvalue weighted by Crippen LogP contribution is -2.43. The molecule has 0 aliphatic heterocycles. The number of carbonyl (C=O) groups excluding carboxylic acids is 1. The number of nitrogens with zero attached hydrogens (tertiary/aromatic N) is 1. The van der Waals surface area contributed by atoms with Crippen LogP contribution in [0.25, 0.3) is 0 Å². The molecular weight excluding hydrogens is 264 g/mol. The Bertz CT molecular complexity index is 443. The molecule has 3 N–H and O–H groups in total. The first-order chi connectivity index (χ1) is 10.1. The summed E-state index contributed by atoms with van der Waals surface area (Å²) in [4.78, 5) is 15.9. The third-order valence-corrected chi connectivity index (χ3v) is 2.99. The van der Waals surface area contributed by atoms with E-state index >= 15 is 0 Å². The fraction of sp³-hybridized carbons (Fsp3) is 0.500. The van der Waals surface area contributed by atoms with Gasteiger partial charge in [-0.3, -0.25) is 9.79 Å². The highest BCUT2D eigenvalue weighted by molar-refractivity contribution is 5.86. The molecule has 5 nitrogen and oxygen atoms in total. The lowest BCUT2D eigenvalue weighted by molar-refractivity contribution is -0.120. The number of nitrogens with one attached hydrogen (secondary N) is 3. The molecule has 0 atom stereocenters. The van der Waals surface area contributed by atoms with E-state index in [1.807, 2.05) is 30.3 Å². The smallest absolute Gasteiger partial charge is 0.239 e. The van der Waals surface area contributed by atoms with Gasteiger partial charge in [0.25, 0.3) is 0 Å². The minimum atomic E-state index is -0.0503. The van der Waals surface area contributed by atoms with E-state index in [4.69, 9.17) is 0 Å². The molecule has 0 radical (unpaired) electrons. The van der Waals surface area contributed by atoms with Crippen LogP contribution in [0.2, 0.25) is 0 Å². The Labute approximate surface area is 127 Å². The molecule has 0 spiro atoms. The van der Waals surface area contributed by atoms with Gasteiger partial charge in [0.1, 0.15) is 0 Å². The minimum absolute atomic E-state index is 0.0503. The number of benzene rings is 1. The highest BCUT2D eigenvalue weighted by Gasteiger charge is 2.03. The second kappa shape index (κ2) is 9.80. The molecule has 0 saturated heterocycles. The van der Waals surface area contributed by atoms with Gasteiger partial charge in [-0.1, -0.05) is 44.2 Å². The average molecular weight is 290 g/mol. The maximum atomic E-state index is 11.8. The Morgan fingerprint density at radius 3 is 2.48 bits per heavy atom. The average Bonchev–Trinajstić information content (AvgIpc) is 2.49. The number of aliphatic imine (C=N–C) groups is 1. The second-order valence-electron chi connectivity index (χ2n) is 5.30. The molecule has 0 aliphatic carbocycles. The molecule has 0 unspecified atom stereocenters. The molecule has 0 fully saturated rings. The van der Waals surface area contributed by atoms with Crippen molar-refractivity contribution in [1.29, 1.82) is 0 Å². The van der Waals surface area contributed by atoms with Gasteiger partial charge in [0, 0.05) is 20.1 Å². The summed E-state index contributed by atoms with van der Waals surface area (Å²) >= 11 is 0. The number of amides is 1. The standard InChI is InChI=1S/C16H26N4O/c1-13(2)9-10-18-16(17-3)20-12-15(21)19-11-14-7-5-4-6-8-14/h4-8,13H,9-12H2,1-3H3,(H,19,21)(H2,17,18,20). The van der Waals surface area contributed by atoms with Gasteiger partial charge in [-0.25, -0.2) is 0 Å². The maximum Gasteiger partial charge on any atom is 0.239 e. The number of carbonyl (C=O) groups is 1. The zero-order valence-corrected chi connectivity index (χ0v) is 13.1. The van der Waals surface area contributed by atoms with Gasteiger partial charge in [-0.05, 0) is 17.9 Å². The van der Waals surface area contributed by atoms with Gasteiger partial charge < -0.3 is 16.0 Å². The number of guanidine groups is 1. The summed E-state index contributed by atoms with van der Waals surface area (Å²) in [5, 5.41) is 9.06. The van der Waals surface area contributed by atoms with Crippen molar-refractivity contribution in [2.45, 2.75) is 26.8 Å². The maximum absolute atomic E-state index is 11.8. The van der Waals surface area contributed by atoms with Crippen LogP contribution in [0, 0.1) is 5.92 Å². The van der Waals surface area contributed by atoms with Gasteiger partial charge in [-0.2, -0.15) is 0 Å². The summed E-state index contributed by atoms with van der Waals surface area (Å²) in [6.45, 7) is 5.96. The van der Waals surface area contributed by atoms with Crippen LogP contribution in [0.1, 0.15) is 25.8 Å². The number of hydrogen-bond acceptors (Lipinski definition) is 2. The first-order valence-corrected chi connectivity index (χ1v) is 7.37. The molecule has 116 valence electrons. The molecule has 0 aromatic heterocycles. The SMILES string of the molecule is CN=C(NCCC(C)C)NCC(=O)NCc1ccccc1. The lowest BCUT2D eigenvalue weighted by atomic mass is 10.1. The van der Waals surface area contributed by atoms with E-state index in [9.17, 15) is 4.79 Å². The Hall–Kier alpha value is -2.04. The van der Waals surface area contributed by atoms with E-state index < -0.39 is 0 Å². The van der Waals surface area contributed by atoms with E-state index in [2.05, 4.69) is 34.8 Å². The van der Waals surface area contributed by atoms with Gasteiger partial charge in [0.15, 0.2) is 5.96 Å². The molecular formula is C16H26N4O. The van der Waals surface area contributed by atoms with Crippen LogP contribution in [0.3, 0.4) is 0 Å². The van der Waals surface area contributed by atoms with Gasteiger partial charge in [0.05, 0.1) is 6.54 Å². The zero-order chi connectivity index (χ0) is 15.5. The van der Waals surface area contributed by atoms with Crippen LogP contribution < -0.4 is 16.0 Å². The molecule has 0 bridgehead atoms. The Morgan fingerprint density at radius 2 is 1.86 bits per heavy atom. The van der Waals surface area contributed by atoms with Crippen LogP contribution in [0.4, 0.5) is 0 Å². The number of rotatable bonds is 7. The van der Waals surface area contributed by atoms with Gasteiger partial charge in [0.2, 0.25) is 5.91 Å². The normalized spacial score (nSPS) is 11.3. The zero-order valence-electron chi connectivity index (χ0n) is 13.1. The quantitative estimate of drug-likeness (QED) is 0.527. The summed E-state index contributed by atoms with van der Waals surface area (Å²) < 4.78 is 0. The molecule has 1 amide bonds. The summed E-state index contributed by atoms with van der Waals surface area (Å²) in [7, 11) is 1.70. The van der Waals surface area contributed by atoms with Crippen LogP contribution in [0.5, 0.6) is 0 Å². The fourth-order valence-corrected chi connectivity index (χ4v) is 1.72. The fourth-order valence-electron chi connectivity index (χ4n) is 1.72. The molecule has 1 rings (SSSR count). The van der Waals surface area contributed by atoms with Gasteiger partial charge >= 0.3 is 0 Å². The van der Waals surface area contributed by atoms with Crippen LogP contribution in [-0.2, 0) is 11.3 Å². The predicted molar refractivity (Wildman–Crippen MR) is 87.1 cm³/mol. The van der Waals surface area contributed by atoms with Crippen molar-refractivity contribution in [1.82, 2.24) is 16.0 Å². The van der Waals surface area contributed by atoms with Crippen LogP contribution in [0.15, 0.2) is 35.3 Å². The van der Waals surface area contributed by atoms with E-state index in [0.29, 0.717) is 18.4 Å². The predicted octanol–water partition coefficient (Wildman–Crippen LogP) is 1.51. The van der Waals surface area contributed by atoms with Crippen molar-refractivity contribution in [2.75, 3.05) is 20.1 Å². The topological polar surface area (TPSA) is 65.5 Å². The van der Waals surface area contributed by atoms with Gasteiger partial charge in [-0.15, -0.1) is 0 Å².